The summed E-state index contributed by atoms with van der Waals surface area (Å²) in [4.78, 5) is 3.57. The molecule has 7 aromatic rings. The van der Waals surface area contributed by atoms with Crippen LogP contribution in [0.25, 0.3) is 50.9 Å². The van der Waals surface area contributed by atoms with Crippen molar-refractivity contribution in [1.82, 2.24) is 18.7 Å². The van der Waals surface area contributed by atoms with E-state index >= 15 is 0 Å². The summed E-state index contributed by atoms with van der Waals surface area (Å²) in [7, 11) is 6.50. The molecule has 0 atom stereocenters. The lowest BCUT2D eigenvalue weighted by atomic mass is 9.91. The molecule has 12 rings (SSSR count). The van der Waals surface area contributed by atoms with Crippen molar-refractivity contribution in [2.45, 2.75) is 118 Å². The number of aryl methyl sites for hydroxylation is 4. The van der Waals surface area contributed by atoms with Crippen molar-refractivity contribution in [3.05, 3.63) is 147 Å². The molecule has 0 bridgehead atoms. The Morgan fingerprint density at radius 1 is 0.452 bits per heavy atom. The smallest absolute Gasteiger partial charge is 0.0488 e. The minimum atomic E-state index is 0.500. The van der Waals surface area contributed by atoms with Crippen LogP contribution in [-0.2, 0) is 66.1 Å². The van der Waals surface area contributed by atoms with Crippen molar-refractivity contribution in [2.24, 2.45) is 26.6 Å². The second-order valence-electron chi connectivity index (χ2n) is 19.1. The summed E-state index contributed by atoms with van der Waals surface area (Å²) in [5.74, 6) is 1.81. The molecule has 62 heavy (non-hydrogen) atoms. The van der Waals surface area contributed by atoms with Gasteiger partial charge in [-0.3, -0.25) is 0 Å². The highest BCUT2D eigenvalue weighted by Gasteiger charge is 2.23. The number of allylic oxidation sites excluding steroid dienone is 3. The summed E-state index contributed by atoms with van der Waals surface area (Å²) >= 11 is 2.94. The number of hydrogen-bond acceptors (Lipinski definition) is 0. The maximum atomic E-state index is 3.57. The first-order valence-electron chi connectivity index (χ1n) is 23.4. The minimum Gasteiger partial charge on any atom is -0.358 e. The largest absolute Gasteiger partial charge is 0.358 e. The molecule has 5 heteroatoms. The van der Waals surface area contributed by atoms with Crippen molar-refractivity contribution in [3.63, 3.8) is 0 Å². The summed E-state index contributed by atoms with van der Waals surface area (Å²) < 4.78 is 6.96. The third kappa shape index (κ3) is 10.0. The van der Waals surface area contributed by atoms with Crippen LogP contribution in [0.15, 0.2) is 91.0 Å². The number of fused-ring (bicyclic) bond motifs is 12. The van der Waals surface area contributed by atoms with E-state index in [9.17, 15) is 0 Å². The normalized spacial score (nSPS) is 15.4. The van der Waals surface area contributed by atoms with Crippen molar-refractivity contribution < 1.29 is 0 Å². The number of nitrogens with one attached hydrogen (secondary N) is 1. The molecule has 0 spiro atoms. The summed E-state index contributed by atoms with van der Waals surface area (Å²) in [6.45, 7) is 8.75. The molecule has 4 aromatic heterocycles. The van der Waals surface area contributed by atoms with Crippen LogP contribution in [0.1, 0.15) is 129 Å². The molecular weight excluding hydrogens is 821 g/mol. The number of halogens is 1. The lowest BCUT2D eigenvalue weighted by molar-refractivity contribution is 0.469. The van der Waals surface area contributed by atoms with Crippen molar-refractivity contribution in [2.75, 3.05) is 5.83 Å². The zero-order chi connectivity index (χ0) is 43.8. The van der Waals surface area contributed by atoms with Gasteiger partial charge in [-0.15, -0.1) is 0 Å². The van der Waals surface area contributed by atoms with Gasteiger partial charge in [0.25, 0.3) is 0 Å². The second kappa shape index (κ2) is 20.6. The fourth-order valence-electron chi connectivity index (χ4n) is 10.1. The molecule has 0 saturated heterocycles. The maximum absolute atomic E-state index is 3.57. The van der Waals surface area contributed by atoms with Crippen molar-refractivity contribution in [1.29, 1.82) is 0 Å². The van der Waals surface area contributed by atoms with E-state index in [-0.39, 0.29) is 0 Å². The third-order valence-corrected chi connectivity index (χ3v) is 12.9. The molecule has 4 heterocycles. The minimum absolute atomic E-state index is 0.500. The SMILES string of the molecule is C1=Cc2[nH]c3c(c2CC1)CCCC3.CBr.CC(C)(C)C.Cn1c2c(c3c1CCCC3)CCC=C2.Cn1c2c(c3ccccc31)CCC=C2.Cn1c2ccccc2c2ccccc21. The molecule has 0 radical (unpaired) electrons. The zero-order valence-electron chi connectivity index (χ0n) is 39.0. The van der Waals surface area contributed by atoms with Gasteiger partial charge in [0.1, 0.15) is 0 Å². The quantitative estimate of drug-likeness (QED) is 0.147. The number of aromatic amines is 1. The van der Waals surface area contributed by atoms with Crippen LogP contribution in [0.3, 0.4) is 0 Å². The van der Waals surface area contributed by atoms with Gasteiger partial charge in [-0.05, 0) is 165 Å². The fourth-order valence-corrected chi connectivity index (χ4v) is 10.1. The van der Waals surface area contributed by atoms with E-state index in [4.69, 9.17) is 0 Å². The number of benzene rings is 3. The fraction of sp³-hybridized carbons (Fsp3) is 0.404. The van der Waals surface area contributed by atoms with Crippen molar-refractivity contribution in [3.8, 4) is 0 Å². The Bertz CT molecular complexity index is 2630. The van der Waals surface area contributed by atoms with Gasteiger partial charge in [0.05, 0.1) is 0 Å². The first kappa shape index (κ1) is 45.3. The van der Waals surface area contributed by atoms with Gasteiger partial charge >= 0.3 is 0 Å². The molecule has 0 fully saturated rings. The average Bonchev–Trinajstić information content (AvgIpc) is 4.02. The molecule has 5 aliphatic carbocycles. The summed E-state index contributed by atoms with van der Waals surface area (Å²) in [6, 6.07) is 25.7. The van der Waals surface area contributed by atoms with E-state index in [1.54, 1.807) is 27.9 Å². The van der Waals surface area contributed by atoms with Crippen LogP contribution < -0.4 is 0 Å². The monoisotopic (exact) mass is 890 g/mol. The lowest BCUT2D eigenvalue weighted by Crippen LogP contribution is -2.05. The van der Waals surface area contributed by atoms with Gasteiger partial charge in [0.15, 0.2) is 0 Å². The molecule has 326 valence electrons. The standard InChI is InChI=1S/C13H17N.C13H13N.C13H11N.C12H15N.C5H12.CH3Br/c3*1-14-12-8-4-2-6-10(12)11-7-3-5-9-13(11)14;1-3-7-11-9(5-1)10-6-2-4-8-12(10)13-11;1-5(2,3)4;1-2/h4,8H,2-3,5-7,9H2,1H3;2,4-6,8-9H,3,7H2,1H3;2-9H,1H3;3,7,13H,1-2,4-6,8H2;1-4H3;1H3. The van der Waals surface area contributed by atoms with Crippen LogP contribution in [0, 0.1) is 5.41 Å². The van der Waals surface area contributed by atoms with E-state index < -0.39 is 0 Å². The Hall–Kier alpha value is -4.74. The predicted octanol–water partition coefficient (Wildman–Crippen LogP) is 15.2. The van der Waals surface area contributed by atoms with Crippen LogP contribution >= 0.6 is 15.9 Å². The van der Waals surface area contributed by atoms with Gasteiger partial charge in [-0.1, -0.05) is 116 Å². The Balaban J connectivity index is 0.000000118. The number of rotatable bonds is 0. The van der Waals surface area contributed by atoms with Gasteiger partial charge in [0, 0.05) is 82.3 Å². The third-order valence-electron chi connectivity index (χ3n) is 12.9. The Kier molecular flexibility index (Phi) is 15.1. The maximum Gasteiger partial charge on any atom is 0.0488 e. The summed E-state index contributed by atoms with van der Waals surface area (Å²) in [5, 5.41) is 4.10. The van der Waals surface area contributed by atoms with Crippen LogP contribution in [0.5, 0.6) is 0 Å². The molecule has 0 amide bonds. The zero-order valence-corrected chi connectivity index (χ0v) is 40.6. The highest BCUT2D eigenvalue weighted by atomic mass is 79.9. The highest BCUT2D eigenvalue weighted by molar-refractivity contribution is 9.08. The molecule has 1 N–H and O–H groups in total. The van der Waals surface area contributed by atoms with Gasteiger partial charge in [-0.2, -0.15) is 0 Å². The number of alkyl halides is 1. The topological polar surface area (TPSA) is 30.6 Å². The van der Waals surface area contributed by atoms with E-state index in [2.05, 4.69) is 193 Å². The Morgan fingerprint density at radius 2 is 0.903 bits per heavy atom. The average molecular weight is 892 g/mol. The van der Waals surface area contributed by atoms with Gasteiger partial charge in [0.2, 0.25) is 0 Å². The number of H-pyrrole nitrogens is 1. The Labute approximate surface area is 380 Å². The first-order valence-corrected chi connectivity index (χ1v) is 24.9. The van der Waals surface area contributed by atoms with Crippen LogP contribution in [0.2, 0.25) is 0 Å². The summed E-state index contributed by atoms with van der Waals surface area (Å²) in [6.07, 6.45) is 31.8. The number of nitrogens with zero attached hydrogens (tertiary/aromatic N) is 3. The van der Waals surface area contributed by atoms with Crippen LogP contribution in [0.4, 0.5) is 0 Å². The van der Waals surface area contributed by atoms with Crippen molar-refractivity contribution >= 4 is 66.9 Å². The van der Waals surface area contributed by atoms with E-state index in [1.165, 1.54) is 151 Å². The molecule has 0 aliphatic heterocycles. The Morgan fingerprint density at radius 3 is 1.52 bits per heavy atom. The highest BCUT2D eigenvalue weighted by Crippen LogP contribution is 2.34. The molecule has 0 saturated carbocycles. The number of aromatic nitrogens is 4. The molecule has 4 nitrogen and oxygen atoms in total. The lowest BCUT2D eigenvalue weighted by Gasteiger charge is -2.13. The number of para-hydroxylation sites is 3. The summed E-state index contributed by atoms with van der Waals surface area (Å²) in [5.41, 5.74) is 20.0. The van der Waals surface area contributed by atoms with Crippen LogP contribution in [-0.4, -0.2) is 24.5 Å². The molecule has 5 aliphatic rings. The van der Waals surface area contributed by atoms with Gasteiger partial charge < -0.3 is 18.7 Å². The number of hydrogen-bond donors (Lipinski definition) is 1. The van der Waals surface area contributed by atoms with Gasteiger partial charge in [-0.25, -0.2) is 0 Å². The predicted molar refractivity (Wildman–Crippen MR) is 275 cm³/mol. The second-order valence-corrected chi connectivity index (χ2v) is 19.1. The van der Waals surface area contributed by atoms with E-state index in [1.807, 2.05) is 5.83 Å². The molecular formula is C57H71BrN4. The van der Waals surface area contributed by atoms with E-state index in [0.29, 0.717) is 5.41 Å². The molecule has 3 aromatic carbocycles. The first-order chi connectivity index (χ1) is 30.1. The molecule has 0 unspecified atom stereocenters. The van der Waals surface area contributed by atoms with E-state index in [0.717, 1.165) is 0 Å².